The summed E-state index contributed by atoms with van der Waals surface area (Å²) in [7, 11) is 1.81. The number of hydrogen-bond donors (Lipinski definition) is 2. The highest BCUT2D eigenvalue weighted by Crippen LogP contribution is 2.31. The minimum atomic E-state index is -0.956. The van der Waals surface area contributed by atoms with E-state index in [-0.39, 0.29) is 5.69 Å². The Morgan fingerprint density at radius 3 is 2.75 bits per heavy atom. The average molecular weight is 284 g/mol. The number of carboxylic acids is 1. The highest BCUT2D eigenvalue weighted by molar-refractivity contribution is 9.10. The van der Waals surface area contributed by atoms with Gasteiger partial charge in [0.05, 0.1) is 16.4 Å². The van der Waals surface area contributed by atoms with E-state index >= 15 is 0 Å². The van der Waals surface area contributed by atoms with Crippen LogP contribution < -0.4 is 0 Å². The molecule has 2 heterocycles. The monoisotopic (exact) mass is 283 g/mol. The average Bonchev–Trinajstić information content (AvgIpc) is 2.71. The van der Waals surface area contributed by atoms with Crippen LogP contribution in [0.3, 0.4) is 0 Å². The van der Waals surface area contributed by atoms with Crippen molar-refractivity contribution in [2.75, 3.05) is 0 Å². The first-order valence-electron chi connectivity index (χ1n) is 4.61. The molecule has 2 aromatic rings. The number of aromatic nitrogens is 3. The fraction of sp³-hybridized carbons (Fsp3) is 0.200. The Morgan fingerprint density at radius 2 is 2.31 bits per heavy atom. The van der Waals surface area contributed by atoms with Crippen LogP contribution in [0.4, 0.5) is 0 Å². The van der Waals surface area contributed by atoms with Crippen LogP contribution in [-0.4, -0.2) is 25.8 Å². The largest absolute Gasteiger partial charge is 0.477 e. The first kappa shape index (κ1) is 10.9. The van der Waals surface area contributed by atoms with Crippen molar-refractivity contribution < 1.29 is 9.90 Å². The number of nitrogens with one attached hydrogen (secondary N) is 1. The Balaban J connectivity index is 2.62. The van der Waals surface area contributed by atoms with Crippen molar-refractivity contribution in [2.45, 2.75) is 6.92 Å². The fourth-order valence-electron chi connectivity index (χ4n) is 1.68. The summed E-state index contributed by atoms with van der Waals surface area (Å²) in [6.07, 6.45) is 3.36. The molecule has 2 aromatic heterocycles. The van der Waals surface area contributed by atoms with Gasteiger partial charge >= 0.3 is 5.97 Å². The highest BCUT2D eigenvalue weighted by atomic mass is 79.9. The molecule has 5 nitrogen and oxygen atoms in total. The predicted molar refractivity (Wildman–Crippen MR) is 62.4 cm³/mol. The lowest BCUT2D eigenvalue weighted by atomic mass is 10.1. The maximum atomic E-state index is 10.9. The van der Waals surface area contributed by atoms with E-state index in [0.717, 1.165) is 15.7 Å². The van der Waals surface area contributed by atoms with Gasteiger partial charge in [0.15, 0.2) is 0 Å². The molecule has 0 saturated heterocycles. The van der Waals surface area contributed by atoms with Crippen molar-refractivity contribution in [3.05, 3.63) is 28.1 Å². The molecule has 0 aromatic carbocycles. The number of aryl methyl sites for hydroxylation is 1. The van der Waals surface area contributed by atoms with Gasteiger partial charge in [-0.1, -0.05) is 0 Å². The quantitative estimate of drug-likeness (QED) is 0.888. The van der Waals surface area contributed by atoms with Crippen molar-refractivity contribution >= 4 is 21.9 Å². The van der Waals surface area contributed by atoms with Crippen LogP contribution in [0.1, 0.15) is 16.1 Å². The molecule has 0 bridgehead atoms. The van der Waals surface area contributed by atoms with Crippen molar-refractivity contribution in [1.29, 1.82) is 0 Å². The fourth-order valence-corrected chi connectivity index (χ4v) is 2.24. The summed E-state index contributed by atoms with van der Waals surface area (Å²) in [5, 5.41) is 13.0. The van der Waals surface area contributed by atoms with Gasteiger partial charge in [0.2, 0.25) is 0 Å². The van der Waals surface area contributed by atoms with Crippen molar-refractivity contribution in [2.24, 2.45) is 7.05 Å². The minimum absolute atomic E-state index is 0.211. The lowest BCUT2D eigenvalue weighted by Gasteiger charge is -2.02. The van der Waals surface area contributed by atoms with Crippen LogP contribution in [-0.2, 0) is 7.05 Å². The highest BCUT2D eigenvalue weighted by Gasteiger charge is 2.18. The zero-order chi connectivity index (χ0) is 11.9. The Kier molecular flexibility index (Phi) is 2.59. The van der Waals surface area contributed by atoms with Crippen molar-refractivity contribution in [3.63, 3.8) is 0 Å². The van der Waals surface area contributed by atoms with Gasteiger partial charge in [-0.15, -0.1) is 0 Å². The third-order valence-corrected chi connectivity index (χ3v) is 3.08. The molecule has 0 fully saturated rings. The zero-order valence-corrected chi connectivity index (χ0v) is 10.4. The third-order valence-electron chi connectivity index (χ3n) is 2.50. The second-order valence-corrected chi connectivity index (χ2v) is 4.33. The van der Waals surface area contributed by atoms with Gasteiger partial charge in [-0.3, -0.25) is 4.68 Å². The molecule has 0 spiro atoms. The normalized spacial score (nSPS) is 10.7. The van der Waals surface area contributed by atoms with Crippen LogP contribution in [0, 0.1) is 6.92 Å². The molecule has 0 aliphatic carbocycles. The van der Waals surface area contributed by atoms with Crippen LogP contribution in [0.25, 0.3) is 11.3 Å². The number of hydrogen-bond acceptors (Lipinski definition) is 2. The number of nitrogens with zero attached hydrogens (tertiary/aromatic N) is 2. The van der Waals surface area contributed by atoms with E-state index in [1.807, 2.05) is 7.05 Å². The number of carboxylic acid groups (broad SMARTS) is 1. The molecule has 6 heteroatoms. The molecule has 0 unspecified atom stereocenters. The number of halogens is 1. The lowest BCUT2D eigenvalue weighted by Crippen LogP contribution is -1.99. The maximum Gasteiger partial charge on any atom is 0.352 e. The molecule has 16 heavy (non-hydrogen) atoms. The van der Waals surface area contributed by atoms with Gasteiger partial charge in [-0.2, -0.15) is 5.10 Å². The number of aromatic amines is 1. The van der Waals surface area contributed by atoms with E-state index in [1.165, 1.54) is 0 Å². The Labute approximate surface area is 100 Å². The summed E-state index contributed by atoms with van der Waals surface area (Å²) in [6, 6.07) is 0. The van der Waals surface area contributed by atoms with Crippen LogP contribution in [0.2, 0.25) is 0 Å². The Bertz CT molecular complexity index is 537. The molecule has 0 aliphatic rings. The van der Waals surface area contributed by atoms with E-state index in [9.17, 15) is 4.79 Å². The smallest absolute Gasteiger partial charge is 0.352 e. The summed E-state index contributed by atoms with van der Waals surface area (Å²) in [5.41, 5.74) is 2.62. The van der Waals surface area contributed by atoms with E-state index in [4.69, 9.17) is 5.11 Å². The van der Waals surface area contributed by atoms with Crippen LogP contribution in [0.5, 0.6) is 0 Å². The molecular formula is C10H10BrN3O2. The molecule has 0 saturated carbocycles. The summed E-state index contributed by atoms with van der Waals surface area (Å²) < 4.78 is 2.54. The van der Waals surface area contributed by atoms with Crippen molar-refractivity contribution in [3.8, 4) is 11.3 Å². The van der Waals surface area contributed by atoms with Crippen LogP contribution >= 0.6 is 15.9 Å². The van der Waals surface area contributed by atoms with Gasteiger partial charge in [0.1, 0.15) is 5.69 Å². The first-order chi connectivity index (χ1) is 7.52. The maximum absolute atomic E-state index is 10.9. The number of rotatable bonds is 2. The summed E-state index contributed by atoms with van der Waals surface area (Å²) in [6.45, 7) is 1.77. The summed E-state index contributed by atoms with van der Waals surface area (Å²) in [4.78, 5) is 13.7. The number of aromatic carboxylic acids is 1. The first-order valence-corrected chi connectivity index (χ1v) is 5.40. The topological polar surface area (TPSA) is 70.9 Å². The molecule has 2 rings (SSSR count). The predicted octanol–water partition coefficient (Wildman–Crippen LogP) is 2.18. The molecular weight excluding hydrogens is 274 g/mol. The lowest BCUT2D eigenvalue weighted by molar-refractivity contribution is 0.0690. The molecule has 84 valence electrons. The van der Waals surface area contributed by atoms with Crippen molar-refractivity contribution in [1.82, 2.24) is 14.8 Å². The summed E-state index contributed by atoms with van der Waals surface area (Å²) >= 11 is 3.39. The third kappa shape index (κ3) is 1.55. The molecule has 0 aliphatic heterocycles. The number of H-pyrrole nitrogens is 1. The molecule has 0 atom stereocenters. The SMILES string of the molecule is Cc1c(-c2c(Br)cnn2C)c[nH]c1C(=O)O. The van der Waals surface area contributed by atoms with Gasteiger partial charge in [0, 0.05) is 18.8 Å². The minimum Gasteiger partial charge on any atom is -0.477 e. The van der Waals surface area contributed by atoms with Gasteiger partial charge in [-0.05, 0) is 28.4 Å². The second kappa shape index (κ2) is 3.79. The standard InChI is InChI=1S/C10H10BrN3O2/c1-5-6(3-12-8(5)10(15)16)9-7(11)4-13-14(9)2/h3-4,12H,1-2H3,(H,15,16). The Hall–Kier alpha value is -1.56. The van der Waals surface area contributed by atoms with E-state index in [0.29, 0.717) is 5.56 Å². The second-order valence-electron chi connectivity index (χ2n) is 3.47. The van der Waals surface area contributed by atoms with Gasteiger partial charge in [-0.25, -0.2) is 4.79 Å². The Morgan fingerprint density at radius 1 is 1.62 bits per heavy atom. The van der Waals surface area contributed by atoms with Crippen LogP contribution in [0.15, 0.2) is 16.9 Å². The van der Waals surface area contributed by atoms with Gasteiger partial charge in [0.25, 0.3) is 0 Å². The van der Waals surface area contributed by atoms with E-state index in [2.05, 4.69) is 26.0 Å². The van der Waals surface area contributed by atoms with E-state index in [1.54, 1.807) is 24.0 Å². The number of carbonyl (C=O) groups is 1. The molecule has 0 amide bonds. The van der Waals surface area contributed by atoms with E-state index < -0.39 is 5.97 Å². The van der Waals surface area contributed by atoms with Gasteiger partial charge < -0.3 is 10.1 Å². The summed E-state index contributed by atoms with van der Waals surface area (Å²) in [5.74, 6) is -0.956. The molecule has 0 radical (unpaired) electrons. The molecule has 2 N–H and O–H groups in total. The zero-order valence-electron chi connectivity index (χ0n) is 8.78.